The van der Waals surface area contributed by atoms with Gasteiger partial charge in [-0.1, -0.05) is 0 Å². The zero-order chi connectivity index (χ0) is 15.0. The predicted molar refractivity (Wildman–Crippen MR) is 70.9 cm³/mol. The number of hydrogen-bond donors (Lipinski definition) is 1. The summed E-state index contributed by atoms with van der Waals surface area (Å²) in [4.78, 5) is 3.60. The summed E-state index contributed by atoms with van der Waals surface area (Å²) in [6.45, 7) is 1.56. The van der Waals surface area contributed by atoms with Gasteiger partial charge >= 0.3 is 0 Å². The Morgan fingerprint density at radius 3 is 2.60 bits per heavy atom. The Labute approximate surface area is 117 Å². The van der Waals surface area contributed by atoms with Crippen LogP contribution >= 0.6 is 0 Å². The summed E-state index contributed by atoms with van der Waals surface area (Å²) in [5.74, 6) is -0.249. The molecule has 1 unspecified atom stereocenters. The number of nitriles is 1. The first-order valence-corrected chi connectivity index (χ1v) is 9.07. The van der Waals surface area contributed by atoms with Crippen molar-refractivity contribution in [3.05, 3.63) is 24.0 Å². The summed E-state index contributed by atoms with van der Waals surface area (Å²) in [5, 5.41) is 8.62. The molecular weight excluding hydrogens is 302 g/mol. The van der Waals surface area contributed by atoms with Gasteiger partial charge < -0.3 is 0 Å². The van der Waals surface area contributed by atoms with Gasteiger partial charge in [-0.2, -0.15) is 5.26 Å². The van der Waals surface area contributed by atoms with Crippen molar-refractivity contribution in [3.63, 3.8) is 0 Å². The highest BCUT2D eigenvalue weighted by molar-refractivity contribution is 7.92. The van der Waals surface area contributed by atoms with E-state index in [1.54, 1.807) is 13.0 Å². The fourth-order valence-electron chi connectivity index (χ4n) is 2.08. The van der Waals surface area contributed by atoms with Gasteiger partial charge in [0.1, 0.15) is 16.7 Å². The first kappa shape index (κ1) is 14.9. The lowest BCUT2D eigenvalue weighted by molar-refractivity contribution is 0.461. The van der Waals surface area contributed by atoms with Crippen molar-refractivity contribution in [1.82, 2.24) is 9.71 Å². The fourth-order valence-corrected chi connectivity index (χ4v) is 5.64. The van der Waals surface area contributed by atoms with Gasteiger partial charge in [0.05, 0.1) is 11.5 Å². The van der Waals surface area contributed by atoms with Crippen molar-refractivity contribution >= 4 is 19.9 Å². The molecule has 0 saturated carbocycles. The van der Waals surface area contributed by atoms with E-state index in [0.717, 1.165) is 6.20 Å². The Morgan fingerprint density at radius 1 is 1.45 bits per heavy atom. The van der Waals surface area contributed by atoms with Crippen LogP contribution in [0.2, 0.25) is 0 Å². The second-order valence-electron chi connectivity index (χ2n) is 5.00. The zero-order valence-corrected chi connectivity index (χ0v) is 12.3. The molecule has 9 heteroatoms. The quantitative estimate of drug-likeness (QED) is 0.826. The molecule has 2 heterocycles. The smallest absolute Gasteiger partial charge is 0.242 e. The molecule has 108 valence electrons. The molecule has 20 heavy (non-hydrogen) atoms. The maximum Gasteiger partial charge on any atom is 0.242 e. The van der Waals surface area contributed by atoms with E-state index in [4.69, 9.17) is 5.26 Å². The van der Waals surface area contributed by atoms with E-state index >= 15 is 0 Å². The van der Waals surface area contributed by atoms with E-state index in [1.807, 2.05) is 0 Å². The number of hydrogen-bond acceptors (Lipinski definition) is 6. The highest BCUT2D eigenvalue weighted by Crippen LogP contribution is 2.25. The van der Waals surface area contributed by atoms with Crippen LogP contribution < -0.4 is 4.72 Å². The minimum atomic E-state index is -3.86. The Morgan fingerprint density at radius 2 is 2.15 bits per heavy atom. The molecule has 1 saturated heterocycles. The van der Waals surface area contributed by atoms with E-state index in [1.165, 1.54) is 12.1 Å². The lowest BCUT2D eigenvalue weighted by Gasteiger charge is -2.23. The van der Waals surface area contributed by atoms with Gasteiger partial charge in [-0.3, -0.25) is 0 Å². The Kier molecular flexibility index (Phi) is 3.58. The van der Waals surface area contributed by atoms with Crippen LogP contribution in [0.4, 0.5) is 0 Å². The normalized spacial score (nSPS) is 25.2. The highest BCUT2D eigenvalue weighted by Gasteiger charge is 2.41. The SMILES string of the molecule is CC1(NS(=O)(=O)c2ccc(C#N)nc2)CCS(=O)(=O)C1. The molecule has 1 aliphatic heterocycles. The molecule has 0 amide bonds. The van der Waals surface area contributed by atoms with Crippen LogP contribution in [0.15, 0.2) is 23.2 Å². The number of pyridine rings is 1. The molecule has 1 aromatic rings. The molecule has 0 bridgehead atoms. The third-order valence-electron chi connectivity index (χ3n) is 3.05. The summed E-state index contributed by atoms with van der Waals surface area (Å²) in [7, 11) is -7.07. The second kappa shape index (κ2) is 4.80. The lowest BCUT2D eigenvalue weighted by atomic mass is 10.0. The van der Waals surface area contributed by atoms with Gasteiger partial charge in [-0.05, 0) is 25.5 Å². The van der Waals surface area contributed by atoms with Crippen LogP contribution in [0.3, 0.4) is 0 Å². The Hall–Kier alpha value is -1.50. The van der Waals surface area contributed by atoms with Gasteiger partial charge in [-0.25, -0.2) is 26.5 Å². The van der Waals surface area contributed by atoms with Gasteiger partial charge in [0.2, 0.25) is 10.0 Å². The molecule has 2 rings (SSSR count). The highest BCUT2D eigenvalue weighted by atomic mass is 32.2. The average Bonchev–Trinajstić information content (AvgIpc) is 2.62. The van der Waals surface area contributed by atoms with Crippen LogP contribution in [0.5, 0.6) is 0 Å². The number of aromatic nitrogens is 1. The summed E-state index contributed by atoms with van der Waals surface area (Å²) in [5.41, 5.74) is -0.899. The molecule has 1 aliphatic rings. The largest absolute Gasteiger partial charge is 0.244 e. The van der Waals surface area contributed by atoms with E-state index in [9.17, 15) is 16.8 Å². The molecule has 0 spiro atoms. The standard InChI is InChI=1S/C11H13N3O4S2/c1-11(4-5-19(15,16)8-11)14-20(17,18)10-3-2-9(6-12)13-7-10/h2-3,7,14H,4-5,8H2,1H3. The van der Waals surface area contributed by atoms with Crippen LogP contribution in [0.25, 0.3) is 0 Å². The summed E-state index contributed by atoms with van der Waals surface area (Å²) in [6, 6.07) is 4.35. The van der Waals surface area contributed by atoms with Crippen LogP contribution in [-0.4, -0.2) is 38.9 Å². The van der Waals surface area contributed by atoms with Crippen molar-refractivity contribution in [2.45, 2.75) is 23.8 Å². The van der Waals surface area contributed by atoms with Gasteiger partial charge in [0, 0.05) is 11.7 Å². The molecule has 1 atom stereocenters. The van der Waals surface area contributed by atoms with Crippen molar-refractivity contribution in [2.75, 3.05) is 11.5 Å². The number of sulfone groups is 1. The topological polar surface area (TPSA) is 117 Å². The van der Waals surface area contributed by atoms with Crippen molar-refractivity contribution in [3.8, 4) is 6.07 Å². The molecule has 1 N–H and O–H groups in total. The van der Waals surface area contributed by atoms with E-state index in [2.05, 4.69) is 9.71 Å². The van der Waals surface area contributed by atoms with Gasteiger partial charge in [0.15, 0.2) is 9.84 Å². The summed E-state index contributed by atoms with van der Waals surface area (Å²) >= 11 is 0. The first-order valence-electron chi connectivity index (χ1n) is 5.76. The minimum Gasteiger partial charge on any atom is -0.244 e. The predicted octanol–water partition coefficient (Wildman–Crippen LogP) is -0.191. The third kappa shape index (κ3) is 3.15. The molecule has 1 fully saturated rings. The number of rotatable bonds is 3. The van der Waals surface area contributed by atoms with Gasteiger partial charge in [0.25, 0.3) is 0 Å². The summed E-state index contributed by atoms with van der Waals surface area (Å²) < 4.78 is 49.7. The first-order chi connectivity index (χ1) is 9.16. The molecule has 0 radical (unpaired) electrons. The third-order valence-corrected chi connectivity index (χ3v) is 6.57. The maximum atomic E-state index is 12.2. The molecule has 7 nitrogen and oxygen atoms in total. The van der Waals surface area contributed by atoms with E-state index in [0.29, 0.717) is 0 Å². The van der Waals surface area contributed by atoms with Gasteiger partial charge in [-0.15, -0.1) is 0 Å². The minimum absolute atomic E-state index is 0.0301. The molecule has 0 aliphatic carbocycles. The molecule has 1 aromatic heterocycles. The second-order valence-corrected chi connectivity index (χ2v) is 8.87. The Balaban J connectivity index is 2.26. The maximum absolute atomic E-state index is 12.2. The average molecular weight is 315 g/mol. The van der Waals surface area contributed by atoms with Crippen molar-refractivity contribution in [2.24, 2.45) is 0 Å². The number of sulfonamides is 1. The zero-order valence-electron chi connectivity index (χ0n) is 10.7. The van der Waals surface area contributed by atoms with E-state index in [-0.39, 0.29) is 28.5 Å². The number of nitrogens with zero attached hydrogens (tertiary/aromatic N) is 2. The monoisotopic (exact) mass is 315 g/mol. The fraction of sp³-hybridized carbons (Fsp3) is 0.455. The Bertz CT molecular complexity index is 763. The molecule has 0 aromatic carbocycles. The van der Waals surface area contributed by atoms with Crippen LogP contribution in [-0.2, 0) is 19.9 Å². The molecular formula is C11H13N3O4S2. The van der Waals surface area contributed by atoms with Crippen molar-refractivity contribution in [1.29, 1.82) is 5.26 Å². The van der Waals surface area contributed by atoms with Crippen LogP contribution in [0, 0.1) is 11.3 Å². The number of nitrogens with one attached hydrogen (secondary N) is 1. The van der Waals surface area contributed by atoms with Crippen molar-refractivity contribution < 1.29 is 16.8 Å². The summed E-state index contributed by atoms with van der Waals surface area (Å²) in [6.07, 6.45) is 1.31. The van der Waals surface area contributed by atoms with E-state index < -0.39 is 25.4 Å². The lowest BCUT2D eigenvalue weighted by Crippen LogP contribution is -2.46. The van der Waals surface area contributed by atoms with Crippen LogP contribution in [0.1, 0.15) is 19.0 Å².